The van der Waals surface area contributed by atoms with Gasteiger partial charge >= 0.3 is 0 Å². The normalized spacial score (nSPS) is 28.8. The maximum atomic E-state index is 14.9. The Morgan fingerprint density at radius 2 is 1.93 bits per heavy atom. The number of aromatic nitrogens is 3. The number of nitrogens with zero attached hydrogens (tertiary/aromatic N) is 5. The third kappa shape index (κ3) is 4.09. The van der Waals surface area contributed by atoms with Gasteiger partial charge in [0.2, 0.25) is 10.0 Å². The molecule has 1 saturated heterocycles. The zero-order valence-corrected chi connectivity index (χ0v) is 18.6. The topological polar surface area (TPSA) is 71.3 Å². The Kier molecular flexibility index (Phi) is 5.85. The Balaban J connectivity index is 1.43. The molecule has 164 valence electrons. The second-order valence-corrected chi connectivity index (χ2v) is 11.1. The molecule has 4 atom stereocenters. The summed E-state index contributed by atoms with van der Waals surface area (Å²) in [5.41, 5.74) is 1.22. The molecular weight excluding hydrogens is 405 g/mol. The number of anilines is 1. The van der Waals surface area contributed by atoms with Crippen molar-refractivity contribution in [2.45, 2.75) is 50.9 Å². The molecule has 9 heteroatoms. The number of hydrogen-bond donors (Lipinski definition) is 0. The molecule has 0 N–H and O–H groups in total. The summed E-state index contributed by atoms with van der Waals surface area (Å²) in [5.74, 6) is 0.617. The first-order valence-electron chi connectivity index (χ1n) is 10.6. The highest BCUT2D eigenvalue weighted by Crippen LogP contribution is 2.50. The fourth-order valence-electron chi connectivity index (χ4n) is 4.59. The van der Waals surface area contributed by atoms with Crippen LogP contribution in [0.4, 0.5) is 10.1 Å². The molecule has 0 amide bonds. The van der Waals surface area contributed by atoms with Crippen molar-refractivity contribution < 1.29 is 12.8 Å². The van der Waals surface area contributed by atoms with Crippen molar-refractivity contribution in [2.24, 2.45) is 11.8 Å². The van der Waals surface area contributed by atoms with E-state index in [1.54, 1.807) is 25.6 Å². The second kappa shape index (κ2) is 8.26. The van der Waals surface area contributed by atoms with Gasteiger partial charge in [0.05, 0.1) is 5.25 Å². The molecule has 1 aliphatic carbocycles. The van der Waals surface area contributed by atoms with Crippen LogP contribution in [-0.4, -0.2) is 52.9 Å². The first-order valence-corrected chi connectivity index (χ1v) is 12.1. The number of halogens is 1. The predicted molar refractivity (Wildman–Crippen MR) is 114 cm³/mol. The zero-order valence-electron chi connectivity index (χ0n) is 17.8. The molecule has 2 heterocycles. The van der Waals surface area contributed by atoms with E-state index >= 15 is 0 Å². The summed E-state index contributed by atoms with van der Waals surface area (Å²) >= 11 is 0. The minimum Gasteiger partial charge on any atom is -0.374 e. The van der Waals surface area contributed by atoms with E-state index in [2.05, 4.69) is 22.0 Å². The molecule has 4 rings (SSSR count). The maximum Gasteiger partial charge on any atom is 0.217 e. The molecule has 1 aliphatic heterocycles. The Morgan fingerprint density at radius 1 is 1.20 bits per heavy atom. The molecule has 0 unspecified atom stereocenters. The van der Waals surface area contributed by atoms with E-state index in [1.807, 2.05) is 17.7 Å². The molecule has 0 radical (unpaired) electrons. The molecule has 1 aromatic carbocycles. The smallest absolute Gasteiger partial charge is 0.217 e. The molecule has 1 saturated carbocycles. The third-order valence-corrected chi connectivity index (χ3v) is 9.02. The van der Waals surface area contributed by atoms with E-state index in [4.69, 9.17) is 0 Å². The van der Waals surface area contributed by atoms with E-state index in [-0.39, 0.29) is 12.4 Å². The lowest BCUT2D eigenvalue weighted by atomic mass is 10.1. The first-order chi connectivity index (χ1) is 14.3. The van der Waals surface area contributed by atoms with Gasteiger partial charge in [-0.3, -0.25) is 0 Å². The zero-order chi connectivity index (χ0) is 21.5. The molecule has 30 heavy (non-hydrogen) atoms. The van der Waals surface area contributed by atoms with Crippen molar-refractivity contribution in [3.05, 3.63) is 42.2 Å². The minimum atomic E-state index is -3.38. The SMILES string of the molecule is C[C@H]1[C@@H](CN(C)c2ccc(CN3CCCC[C@@H](C)S3(=O)=O)c(F)c2)[C@@H]1n1cnnc1. The van der Waals surface area contributed by atoms with E-state index in [0.717, 1.165) is 25.1 Å². The van der Waals surface area contributed by atoms with Gasteiger partial charge in [0.1, 0.15) is 18.5 Å². The monoisotopic (exact) mass is 435 g/mol. The average Bonchev–Trinajstić information content (AvgIpc) is 3.12. The Hall–Kier alpha value is -2.00. The maximum absolute atomic E-state index is 14.9. The molecule has 7 nitrogen and oxygen atoms in total. The summed E-state index contributed by atoms with van der Waals surface area (Å²) in [7, 11) is -1.42. The number of sulfonamides is 1. The minimum absolute atomic E-state index is 0.0951. The Morgan fingerprint density at radius 3 is 2.63 bits per heavy atom. The van der Waals surface area contributed by atoms with E-state index in [1.165, 1.54) is 10.4 Å². The molecule has 2 fully saturated rings. The predicted octanol–water partition coefficient (Wildman–Crippen LogP) is 3.06. The van der Waals surface area contributed by atoms with Crippen molar-refractivity contribution in [3.8, 4) is 0 Å². The van der Waals surface area contributed by atoms with Gasteiger partial charge in [-0.2, -0.15) is 4.31 Å². The van der Waals surface area contributed by atoms with Crippen molar-refractivity contribution >= 4 is 15.7 Å². The Labute approximate surface area is 177 Å². The molecule has 0 spiro atoms. The lowest BCUT2D eigenvalue weighted by Gasteiger charge is -2.24. The van der Waals surface area contributed by atoms with Crippen molar-refractivity contribution in [1.29, 1.82) is 0 Å². The van der Waals surface area contributed by atoms with Crippen LogP contribution in [0, 0.1) is 17.7 Å². The molecule has 2 aromatic rings. The van der Waals surface area contributed by atoms with Gasteiger partial charge < -0.3 is 9.47 Å². The van der Waals surface area contributed by atoms with Crippen molar-refractivity contribution in [1.82, 2.24) is 19.1 Å². The highest BCUT2D eigenvalue weighted by Gasteiger charge is 2.48. The standard InChI is InChI=1S/C21H30FN5O2S/c1-15-6-4-5-9-27(30(15,28)29)11-17-7-8-18(10-20(17)22)25(3)12-19-16(2)21(19)26-13-23-24-14-26/h7-8,10,13-16,19,21H,4-6,9,11-12H2,1-3H3/t15-,16+,19-,21-/m1/s1. The van der Waals surface area contributed by atoms with Crippen LogP contribution in [0.1, 0.15) is 44.7 Å². The summed E-state index contributed by atoms with van der Waals surface area (Å²) in [4.78, 5) is 2.06. The summed E-state index contributed by atoms with van der Waals surface area (Å²) in [6, 6.07) is 5.50. The van der Waals surface area contributed by atoms with E-state index in [0.29, 0.717) is 36.4 Å². The van der Waals surface area contributed by atoms with Crippen LogP contribution in [0.5, 0.6) is 0 Å². The molecule has 0 bridgehead atoms. The summed E-state index contributed by atoms with van der Waals surface area (Å²) in [6.07, 6.45) is 5.86. The average molecular weight is 436 g/mol. The van der Waals surface area contributed by atoms with Crippen LogP contribution >= 0.6 is 0 Å². The number of benzene rings is 1. The summed E-state index contributed by atoms with van der Waals surface area (Å²) < 4.78 is 43.8. The summed E-state index contributed by atoms with van der Waals surface area (Å²) in [6.45, 7) is 5.31. The highest BCUT2D eigenvalue weighted by molar-refractivity contribution is 7.89. The lowest BCUT2D eigenvalue weighted by Crippen LogP contribution is -2.36. The van der Waals surface area contributed by atoms with E-state index < -0.39 is 15.3 Å². The highest BCUT2D eigenvalue weighted by atomic mass is 32.2. The van der Waals surface area contributed by atoms with Crippen LogP contribution in [-0.2, 0) is 16.6 Å². The van der Waals surface area contributed by atoms with Gasteiger partial charge in [-0.25, -0.2) is 12.8 Å². The molecule has 2 aliphatic rings. The molecular formula is C21H30FN5O2S. The van der Waals surface area contributed by atoms with Gasteiger partial charge in [0.15, 0.2) is 0 Å². The van der Waals surface area contributed by atoms with Gasteiger partial charge in [0, 0.05) is 49.9 Å². The van der Waals surface area contributed by atoms with E-state index in [9.17, 15) is 12.8 Å². The van der Waals surface area contributed by atoms with Gasteiger partial charge in [-0.1, -0.05) is 19.4 Å². The number of rotatable bonds is 6. The fourth-order valence-corrected chi connectivity index (χ4v) is 6.26. The van der Waals surface area contributed by atoms with Crippen LogP contribution in [0.3, 0.4) is 0 Å². The lowest BCUT2D eigenvalue weighted by molar-refractivity contribution is 0.399. The van der Waals surface area contributed by atoms with Gasteiger partial charge in [-0.15, -0.1) is 10.2 Å². The second-order valence-electron chi connectivity index (χ2n) is 8.76. The van der Waals surface area contributed by atoms with Crippen LogP contribution in [0.25, 0.3) is 0 Å². The van der Waals surface area contributed by atoms with Gasteiger partial charge in [0.25, 0.3) is 0 Å². The quantitative estimate of drug-likeness (QED) is 0.697. The fraction of sp³-hybridized carbons (Fsp3) is 0.619. The third-order valence-electron chi connectivity index (χ3n) is 6.74. The van der Waals surface area contributed by atoms with Crippen LogP contribution in [0.15, 0.2) is 30.9 Å². The summed E-state index contributed by atoms with van der Waals surface area (Å²) in [5, 5.41) is 7.36. The van der Waals surface area contributed by atoms with Crippen LogP contribution in [0.2, 0.25) is 0 Å². The largest absolute Gasteiger partial charge is 0.374 e. The van der Waals surface area contributed by atoms with Crippen LogP contribution < -0.4 is 4.90 Å². The molecule has 1 aromatic heterocycles. The Bertz CT molecular complexity index is 981. The first kappa shape index (κ1) is 21.2. The number of hydrogen-bond acceptors (Lipinski definition) is 5. The van der Waals surface area contributed by atoms with Crippen molar-refractivity contribution in [2.75, 3.05) is 25.0 Å². The van der Waals surface area contributed by atoms with Crippen molar-refractivity contribution in [3.63, 3.8) is 0 Å². The van der Waals surface area contributed by atoms with Gasteiger partial charge in [-0.05, 0) is 37.8 Å².